The lowest BCUT2D eigenvalue weighted by Gasteiger charge is -2.28. The number of allylic oxidation sites excluding steroid dienone is 2. The Morgan fingerprint density at radius 3 is 2.71 bits per heavy atom. The lowest BCUT2D eigenvalue weighted by molar-refractivity contribution is -0.122. The third-order valence-electron chi connectivity index (χ3n) is 5.70. The van der Waals surface area contributed by atoms with Crippen LogP contribution in [-0.4, -0.2) is 52.9 Å². The summed E-state index contributed by atoms with van der Waals surface area (Å²) in [6, 6.07) is 0. The van der Waals surface area contributed by atoms with E-state index in [2.05, 4.69) is 11.2 Å². The van der Waals surface area contributed by atoms with E-state index >= 15 is 0 Å². The van der Waals surface area contributed by atoms with Crippen molar-refractivity contribution in [3.63, 3.8) is 0 Å². The van der Waals surface area contributed by atoms with Crippen molar-refractivity contribution >= 4 is 56.8 Å². The predicted molar refractivity (Wildman–Crippen MR) is 121 cm³/mol. The van der Waals surface area contributed by atoms with Crippen LogP contribution < -0.4 is 5.32 Å². The van der Waals surface area contributed by atoms with Crippen LogP contribution >= 0.6 is 34.8 Å². The Labute approximate surface area is 199 Å². The van der Waals surface area contributed by atoms with Gasteiger partial charge in [0.2, 0.25) is 9.70 Å². The molecule has 1 aliphatic carbocycles. The fraction of sp³-hybridized carbons (Fsp3) is 0.700. The topological polar surface area (TPSA) is 92.6 Å². The summed E-state index contributed by atoms with van der Waals surface area (Å²) in [6.07, 6.45) is 7.93. The number of terminal acetylenes is 1. The van der Waals surface area contributed by atoms with Gasteiger partial charge in [-0.15, -0.1) is 12.3 Å². The summed E-state index contributed by atoms with van der Waals surface area (Å²) in [4.78, 5) is 24.2. The zero-order valence-electron chi connectivity index (χ0n) is 17.5. The summed E-state index contributed by atoms with van der Waals surface area (Å²) in [6.45, 7) is 4.06. The van der Waals surface area contributed by atoms with E-state index in [0.717, 1.165) is 10.7 Å². The van der Waals surface area contributed by atoms with Crippen LogP contribution in [0.25, 0.3) is 0 Å². The van der Waals surface area contributed by atoms with E-state index in [9.17, 15) is 18.0 Å². The van der Waals surface area contributed by atoms with Crippen LogP contribution in [0.3, 0.4) is 0 Å². The summed E-state index contributed by atoms with van der Waals surface area (Å²) in [5, 5.41) is 2.64. The lowest BCUT2D eigenvalue weighted by atomic mass is 9.81. The second-order valence-corrected chi connectivity index (χ2v) is 12.0. The molecule has 2 unspecified atom stereocenters. The molecule has 0 bridgehead atoms. The predicted octanol–water partition coefficient (Wildman–Crippen LogP) is 3.30. The highest BCUT2D eigenvalue weighted by Crippen LogP contribution is 2.48. The van der Waals surface area contributed by atoms with Crippen molar-refractivity contribution in [2.75, 3.05) is 13.1 Å². The maximum Gasteiger partial charge on any atom is 0.339 e. The monoisotopic (exact) mass is 512 g/mol. The zero-order chi connectivity index (χ0) is 23.4. The van der Waals surface area contributed by atoms with Crippen molar-refractivity contribution in [2.24, 2.45) is 5.92 Å². The number of halogens is 3. The molecule has 174 valence electrons. The number of Topliss-reactive ketones (excluding diaryl/α,β-unsaturated/α-hetero) is 1. The summed E-state index contributed by atoms with van der Waals surface area (Å²) < 4.78 is 29.9. The number of amides is 1. The number of hydrogen-bond donors (Lipinski definition) is 1. The van der Waals surface area contributed by atoms with Crippen LogP contribution in [0.2, 0.25) is 0 Å². The minimum Gasteiger partial charge on any atom is -0.356 e. The number of rotatable bonds is 10. The number of ketones is 1. The third kappa shape index (κ3) is 7.08. The summed E-state index contributed by atoms with van der Waals surface area (Å²) >= 11 is 17.7. The van der Waals surface area contributed by atoms with Gasteiger partial charge in [0.25, 0.3) is 0 Å². The molecular weight excluding hydrogens is 487 g/mol. The van der Waals surface area contributed by atoms with Gasteiger partial charge in [-0.1, -0.05) is 40.9 Å². The van der Waals surface area contributed by atoms with Crippen LogP contribution in [0, 0.1) is 18.3 Å². The van der Waals surface area contributed by atoms with E-state index in [1.54, 1.807) is 13.8 Å². The van der Waals surface area contributed by atoms with E-state index in [1.165, 1.54) is 0 Å². The highest BCUT2D eigenvalue weighted by atomic mass is 35.6. The van der Waals surface area contributed by atoms with Gasteiger partial charge in [-0.3, -0.25) is 9.59 Å². The van der Waals surface area contributed by atoms with E-state index in [1.807, 2.05) is 6.08 Å². The quantitative estimate of drug-likeness (QED) is 0.209. The smallest absolute Gasteiger partial charge is 0.339 e. The fourth-order valence-electron chi connectivity index (χ4n) is 3.52. The van der Waals surface area contributed by atoms with Gasteiger partial charge in [0.1, 0.15) is 6.10 Å². The van der Waals surface area contributed by atoms with Gasteiger partial charge in [-0.25, -0.2) is 4.18 Å². The van der Waals surface area contributed by atoms with Crippen molar-refractivity contribution in [3.8, 4) is 12.3 Å². The number of carbonyl (C=O) groups is 2. The third-order valence-corrected chi connectivity index (χ3v) is 7.99. The van der Waals surface area contributed by atoms with Crippen molar-refractivity contribution < 1.29 is 22.2 Å². The maximum absolute atomic E-state index is 12.8. The van der Waals surface area contributed by atoms with E-state index in [4.69, 9.17) is 45.4 Å². The maximum atomic E-state index is 12.8. The van der Waals surface area contributed by atoms with Gasteiger partial charge >= 0.3 is 10.3 Å². The second-order valence-electron chi connectivity index (χ2n) is 8.11. The minimum atomic E-state index is -4.29. The number of unbranched alkanes of at least 4 members (excludes halogenated alkanes) is 2. The van der Waals surface area contributed by atoms with Gasteiger partial charge in [-0.05, 0) is 44.6 Å². The van der Waals surface area contributed by atoms with Crippen LogP contribution in [0.5, 0.6) is 0 Å². The molecule has 0 spiro atoms. The van der Waals surface area contributed by atoms with Gasteiger partial charge < -0.3 is 5.32 Å². The molecule has 0 radical (unpaired) electrons. The summed E-state index contributed by atoms with van der Waals surface area (Å²) in [5.74, 6) is 1.84. The first-order chi connectivity index (χ1) is 14.3. The molecule has 4 atom stereocenters. The van der Waals surface area contributed by atoms with Crippen molar-refractivity contribution in [1.29, 1.82) is 0 Å². The zero-order valence-corrected chi connectivity index (χ0v) is 20.6. The molecule has 1 N–H and O–H groups in total. The molecule has 0 aromatic carbocycles. The van der Waals surface area contributed by atoms with Crippen LogP contribution in [0.1, 0.15) is 52.4 Å². The van der Waals surface area contributed by atoms with E-state index in [0.29, 0.717) is 31.4 Å². The standard InChI is InChI=1S/C20H27Cl3N2O5S/c1-4-5-6-7-10-24-18(27)12-17(20(21,22)23)30-31(28,29)25-13-19(25,3)15-9-8-14(2)16(26)11-15/h1,8,15,17H,5-7,9-13H2,2-3H3,(H,24,27)/t15-,17+,19?,25?/m1/s1. The molecule has 11 heteroatoms. The lowest BCUT2D eigenvalue weighted by Crippen LogP contribution is -2.40. The van der Waals surface area contributed by atoms with Crippen molar-refractivity contribution in [1.82, 2.24) is 9.62 Å². The van der Waals surface area contributed by atoms with Crippen molar-refractivity contribution in [2.45, 2.75) is 67.8 Å². The summed E-state index contributed by atoms with van der Waals surface area (Å²) in [7, 11) is -4.29. The molecular formula is C20H27Cl3N2O5S. The highest BCUT2D eigenvalue weighted by Gasteiger charge is 2.61. The molecule has 2 aliphatic rings. The Balaban J connectivity index is 1.99. The second kappa shape index (κ2) is 10.4. The minimum absolute atomic E-state index is 0.000671. The number of nitrogens with zero attached hydrogens (tertiary/aromatic N) is 1. The van der Waals surface area contributed by atoms with Crippen LogP contribution in [0.4, 0.5) is 0 Å². The average Bonchev–Trinajstić information content (AvgIpc) is 3.37. The van der Waals surface area contributed by atoms with Gasteiger partial charge in [0.05, 0.1) is 12.0 Å². The molecule has 0 saturated carbocycles. The number of carbonyl (C=O) groups excluding carboxylic acids is 2. The van der Waals surface area contributed by atoms with Gasteiger partial charge in [0.15, 0.2) is 5.78 Å². The molecule has 2 rings (SSSR count). The molecule has 1 saturated heterocycles. The molecule has 1 fully saturated rings. The molecule has 1 amide bonds. The first kappa shape index (κ1) is 26.4. The largest absolute Gasteiger partial charge is 0.356 e. The Morgan fingerprint density at radius 1 is 1.45 bits per heavy atom. The summed E-state index contributed by atoms with van der Waals surface area (Å²) in [5.41, 5.74) is -0.0731. The van der Waals surface area contributed by atoms with Crippen LogP contribution in [0.15, 0.2) is 11.6 Å². The first-order valence-electron chi connectivity index (χ1n) is 9.99. The Morgan fingerprint density at radius 2 is 2.13 bits per heavy atom. The van der Waals surface area contributed by atoms with E-state index < -0.39 is 38.1 Å². The molecule has 0 aromatic rings. The fourth-order valence-corrected chi connectivity index (χ4v) is 5.73. The average molecular weight is 514 g/mol. The highest BCUT2D eigenvalue weighted by molar-refractivity contribution is 7.84. The normalized spacial score (nSPS) is 27.2. The molecule has 1 heterocycles. The number of hydrogen-bond acceptors (Lipinski definition) is 5. The van der Waals surface area contributed by atoms with Crippen LogP contribution in [-0.2, 0) is 24.1 Å². The first-order valence-corrected chi connectivity index (χ1v) is 12.5. The molecule has 31 heavy (non-hydrogen) atoms. The van der Waals surface area contributed by atoms with Gasteiger partial charge in [0, 0.05) is 25.9 Å². The van der Waals surface area contributed by atoms with Crippen molar-refractivity contribution in [3.05, 3.63) is 11.6 Å². The number of nitrogens with one attached hydrogen (secondary N) is 1. The SMILES string of the molecule is C#CCCCCNC(=O)C[C@H](OS(=O)(=O)N1CC1(C)[C@@H]1CC=C(C)C(=O)C1)C(Cl)(Cl)Cl. The Bertz CT molecular complexity index is 878. The van der Waals surface area contributed by atoms with Gasteiger partial charge in [-0.2, -0.15) is 12.7 Å². The van der Waals surface area contributed by atoms with E-state index in [-0.39, 0.29) is 24.7 Å². The molecule has 0 aromatic heterocycles. The molecule has 7 nitrogen and oxygen atoms in total. The number of alkyl halides is 3. The molecule has 1 aliphatic heterocycles. The Hall–Kier alpha value is -0.820. The Kier molecular flexibility index (Phi) is 8.88.